The minimum Gasteiger partial charge on any atom is -0.489 e. The van der Waals surface area contributed by atoms with E-state index in [1.165, 1.54) is 5.56 Å². The highest BCUT2D eigenvalue weighted by Crippen LogP contribution is 2.30. The monoisotopic (exact) mass is 439 g/mol. The van der Waals surface area contributed by atoms with Crippen molar-refractivity contribution >= 4 is 5.91 Å². The Morgan fingerprint density at radius 3 is 2.58 bits per heavy atom. The fraction of sp³-hybridized carbons (Fsp3) is 0.222. The van der Waals surface area contributed by atoms with Crippen LogP contribution in [0.15, 0.2) is 83.4 Å². The third-order valence-corrected chi connectivity index (χ3v) is 5.82. The fourth-order valence-corrected chi connectivity index (χ4v) is 4.08. The van der Waals surface area contributed by atoms with Gasteiger partial charge in [-0.2, -0.15) is 4.98 Å². The minimum atomic E-state index is -0.0861. The molecule has 0 N–H and O–H groups in total. The summed E-state index contributed by atoms with van der Waals surface area (Å²) in [5.74, 6) is 1.83. The van der Waals surface area contributed by atoms with Crippen LogP contribution in [-0.2, 0) is 17.9 Å². The van der Waals surface area contributed by atoms with Crippen LogP contribution in [-0.4, -0.2) is 27.5 Å². The van der Waals surface area contributed by atoms with Crippen LogP contribution in [0.25, 0.3) is 11.4 Å². The Morgan fingerprint density at radius 1 is 1.00 bits per heavy atom. The van der Waals surface area contributed by atoms with E-state index >= 15 is 0 Å². The van der Waals surface area contributed by atoms with Crippen LogP contribution in [0.1, 0.15) is 34.9 Å². The molecule has 0 saturated carbocycles. The summed E-state index contributed by atoms with van der Waals surface area (Å²) < 4.78 is 11.4. The second-order valence-electron chi connectivity index (χ2n) is 8.42. The van der Waals surface area contributed by atoms with E-state index in [-0.39, 0.29) is 11.8 Å². The number of carbonyl (C=O) groups excluding carboxylic acids is 1. The van der Waals surface area contributed by atoms with Crippen molar-refractivity contribution in [2.75, 3.05) is 6.54 Å². The van der Waals surface area contributed by atoms with Gasteiger partial charge in [-0.15, -0.1) is 0 Å². The van der Waals surface area contributed by atoms with Gasteiger partial charge in [-0.1, -0.05) is 65.3 Å². The van der Waals surface area contributed by atoms with E-state index in [0.717, 1.165) is 22.4 Å². The molecule has 0 bridgehead atoms. The van der Waals surface area contributed by atoms with Crippen molar-refractivity contribution < 1.29 is 14.1 Å². The lowest BCUT2D eigenvalue weighted by Gasteiger charge is -2.16. The normalized spacial score (nSPS) is 15.7. The Bertz CT molecular complexity index is 1230. The molecule has 5 rings (SSSR count). The maximum Gasteiger partial charge on any atom is 0.232 e. The number of hydrogen-bond acceptors (Lipinski definition) is 5. The molecule has 1 unspecified atom stereocenters. The predicted octanol–water partition coefficient (Wildman–Crippen LogP) is 5.14. The number of amides is 1. The Kier molecular flexibility index (Phi) is 5.89. The molecule has 1 aliphatic heterocycles. The second-order valence-corrected chi connectivity index (χ2v) is 8.42. The van der Waals surface area contributed by atoms with Crippen molar-refractivity contribution in [3.05, 3.63) is 101 Å². The quantitative estimate of drug-likeness (QED) is 0.399. The summed E-state index contributed by atoms with van der Waals surface area (Å²) in [7, 11) is 0. The van der Waals surface area contributed by atoms with Gasteiger partial charge in [-0.05, 0) is 42.3 Å². The summed E-state index contributed by atoms with van der Waals surface area (Å²) in [6.45, 7) is 3.75. The molecule has 166 valence electrons. The second kappa shape index (κ2) is 9.28. The molecule has 3 aromatic carbocycles. The van der Waals surface area contributed by atoms with Crippen LogP contribution in [0.3, 0.4) is 0 Å². The summed E-state index contributed by atoms with van der Waals surface area (Å²) in [5.41, 5.74) is 4.28. The maximum atomic E-state index is 12.5. The van der Waals surface area contributed by atoms with E-state index in [0.29, 0.717) is 37.8 Å². The van der Waals surface area contributed by atoms with Crippen LogP contribution >= 0.6 is 0 Å². The number of aryl methyl sites for hydroxylation is 1. The third kappa shape index (κ3) is 4.95. The topological polar surface area (TPSA) is 68.5 Å². The molecule has 1 aromatic heterocycles. The molecule has 6 heteroatoms. The molecule has 1 aliphatic rings. The summed E-state index contributed by atoms with van der Waals surface area (Å²) in [4.78, 5) is 19.0. The number of likely N-dealkylation sites (tertiary alicyclic amines) is 1. The standard InChI is InChI=1S/C27H25N3O3/c1-19-6-5-9-21(14-19)16-30-17-23(15-25(30)31)27-28-26(29-33-27)22-10-12-24(13-11-22)32-18-20-7-3-2-4-8-20/h2-14,23H,15-18H2,1H3. The average molecular weight is 440 g/mol. The van der Waals surface area contributed by atoms with Crippen LogP contribution < -0.4 is 4.74 Å². The van der Waals surface area contributed by atoms with Gasteiger partial charge in [0.25, 0.3) is 0 Å². The highest BCUT2D eigenvalue weighted by atomic mass is 16.5. The Morgan fingerprint density at radius 2 is 1.79 bits per heavy atom. The number of carbonyl (C=O) groups is 1. The predicted molar refractivity (Wildman–Crippen MR) is 124 cm³/mol. The smallest absolute Gasteiger partial charge is 0.232 e. The largest absolute Gasteiger partial charge is 0.489 e. The Balaban J connectivity index is 1.21. The number of benzene rings is 3. The molecule has 33 heavy (non-hydrogen) atoms. The van der Waals surface area contributed by atoms with Crippen LogP contribution in [0.5, 0.6) is 5.75 Å². The Hall–Kier alpha value is -3.93. The van der Waals surface area contributed by atoms with Crippen molar-refractivity contribution in [2.45, 2.75) is 32.4 Å². The molecular formula is C27H25N3O3. The zero-order valence-corrected chi connectivity index (χ0v) is 18.5. The highest BCUT2D eigenvalue weighted by Gasteiger charge is 2.34. The molecule has 2 heterocycles. The van der Waals surface area contributed by atoms with Crippen LogP contribution in [0, 0.1) is 6.92 Å². The first kappa shape index (κ1) is 20.9. The average Bonchev–Trinajstić information content (AvgIpc) is 3.46. The van der Waals surface area contributed by atoms with Crippen molar-refractivity contribution in [1.29, 1.82) is 0 Å². The first-order valence-corrected chi connectivity index (χ1v) is 11.1. The number of rotatable bonds is 7. The van der Waals surface area contributed by atoms with Gasteiger partial charge < -0.3 is 14.2 Å². The molecule has 0 spiro atoms. The molecule has 0 aliphatic carbocycles. The lowest BCUT2D eigenvalue weighted by Crippen LogP contribution is -2.24. The molecule has 1 fully saturated rings. The van der Waals surface area contributed by atoms with E-state index in [1.54, 1.807) is 0 Å². The first-order valence-electron chi connectivity index (χ1n) is 11.1. The molecule has 1 atom stereocenters. The summed E-state index contributed by atoms with van der Waals surface area (Å²) in [6.07, 6.45) is 0.389. The van der Waals surface area contributed by atoms with E-state index < -0.39 is 0 Å². The molecule has 1 amide bonds. The van der Waals surface area contributed by atoms with Crippen molar-refractivity contribution in [1.82, 2.24) is 15.0 Å². The lowest BCUT2D eigenvalue weighted by atomic mass is 10.1. The zero-order valence-electron chi connectivity index (χ0n) is 18.5. The number of ether oxygens (including phenoxy) is 1. The Labute approximate surface area is 192 Å². The summed E-state index contributed by atoms with van der Waals surface area (Å²) >= 11 is 0. The van der Waals surface area contributed by atoms with Crippen molar-refractivity contribution in [2.24, 2.45) is 0 Å². The minimum absolute atomic E-state index is 0.0861. The van der Waals surface area contributed by atoms with Crippen LogP contribution in [0.4, 0.5) is 0 Å². The number of aromatic nitrogens is 2. The van der Waals surface area contributed by atoms with Gasteiger partial charge in [-0.3, -0.25) is 4.79 Å². The third-order valence-electron chi connectivity index (χ3n) is 5.82. The SMILES string of the molecule is Cc1cccc(CN2CC(c3nc(-c4ccc(OCc5ccccc5)cc4)no3)CC2=O)c1. The van der Waals surface area contributed by atoms with Gasteiger partial charge in [0, 0.05) is 25.1 Å². The van der Waals surface area contributed by atoms with Crippen LogP contribution in [0.2, 0.25) is 0 Å². The highest BCUT2D eigenvalue weighted by molar-refractivity contribution is 5.79. The molecular weight excluding hydrogens is 414 g/mol. The molecule has 0 radical (unpaired) electrons. The van der Waals surface area contributed by atoms with Gasteiger partial charge in [0.2, 0.25) is 17.6 Å². The summed E-state index contributed by atoms with van der Waals surface area (Å²) in [5, 5.41) is 4.14. The van der Waals surface area contributed by atoms with Crippen molar-refractivity contribution in [3.8, 4) is 17.1 Å². The van der Waals surface area contributed by atoms with E-state index in [4.69, 9.17) is 9.26 Å². The van der Waals surface area contributed by atoms with E-state index in [1.807, 2.05) is 71.6 Å². The molecule has 6 nitrogen and oxygen atoms in total. The van der Waals surface area contributed by atoms with E-state index in [2.05, 4.69) is 29.2 Å². The molecule has 4 aromatic rings. The fourth-order valence-electron chi connectivity index (χ4n) is 4.08. The van der Waals surface area contributed by atoms with Gasteiger partial charge in [0.1, 0.15) is 12.4 Å². The lowest BCUT2D eigenvalue weighted by molar-refractivity contribution is -0.128. The maximum absolute atomic E-state index is 12.5. The summed E-state index contributed by atoms with van der Waals surface area (Å²) in [6, 6.07) is 25.9. The van der Waals surface area contributed by atoms with Crippen molar-refractivity contribution in [3.63, 3.8) is 0 Å². The van der Waals surface area contributed by atoms with Gasteiger partial charge in [-0.25, -0.2) is 0 Å². The zero-order chi connectivity index (χ0) is 22.6. The number of hydrogen-bond donors (Lipinski definition) is 0. The van der Waals surface area contributed by atoms with Gasteiger partial charge >= 0.3 is 0 Å². The first-order chi connectivity index (χ1) is 16.1. The van der Waals surface area contributed by atoms with E-state index in [9.17, 15) is 4.79 Å². The van der Waals surface area contributed by atoms with Gasteiger partial charge in [0.05, 0.1) is 5.92 Å². The number of nitrogens with zero attached hydrogens (tertiary/aromatic N) is 3. The van der Waals surface area contributed by atoms with Gasteiger partial charge in [0.15, 0.2) is 0 Å². The molecule has 1 saturated heterocycles.